The summed E-state index contributed by atoms with van der Waals surface area (Å²) >= 11 is 0. The minimum atomic E-state index is -0.287. The van der Waals surface area contributed by atoms with Gasteiger partial charge in [-0.1, -0.05) is 12.1 Å². The normalized spacial score (nSPS) is 13.2. The van der Waals surface area contributed by atoms with E-state index in [9.17, 15) is 9.59 Å². The third-order valence-electron chi connectivity index (χ3n) is 5.98. The van der Waals surface area contributed by atoms with Crippen LogP contribution in [0.1, 0.15) is 26.5 Å². The van der Waals surface area contributed by atoms with Crippen LogP contribution in [0.2, 0.25) is 0 Å². The average Bonchev–Trinajstić information content (AvgIpc) is 3.28. The summed E-state index contributed by atoms with van der Waals surface area (Å²) in [5.41, 5.74) is 2.75. The topological polar surface area (TPSA) is 83.1 Å². The summed E-state index contributed by atoms with van der Waals surface area (Å²) in [7, 11) is 4.91. The zero-order chi connectivity index (χ0) is 24.1. The number of hydrogen-bond donors (Lipinski definition) is 0. The highest BCUT2D eigenvalue weighted by Gasteiger charge is 2.38. The Morgan fingerprint density at radius 1 is 0.853 bits per heavy atom. The number of hydrogen-bond acceptors (Lipinski definition) is 6. The lowest BCUT2D eigenvalue weighted by molar-refractivity contribution is -0.682. The van der Waals surface area contributed by atoms with Crippen molar-refractivity contribution in [2.24, 2.45) is 0 Å². The fourth-order valence-electron chi connectivity index (χ4n) is 4.28. The van der Waals surface area contributed by atoms with Gasteiger partial charge in [0.2, 0.25) is 0 Å². The Hall–Kier alpha value is -3.27. The second kappa shape index (κ2) is 10.8. The molecule has 1 aliphatic heterocycles. The quantitative estimate of drug-likeness (QED) is 0.230. The van der Waals surface area contributed by atoms with Gasteiger partial charge in [-0.3, -0.25) is 14.5 Å². The number of imidazole rings is 1. The number of rotatable bonds is 12. The van der Waals surface area contributed by atoms with Crippen molar-refractivity contribution in [3.05, 3.63) is 59.4 Å². The van der Waals surface area contributed by atoms with Crippen LogP contribution in [-0.2, 0) is 33.8 Å². The van der Waals surface area contributed by atoms with Crippen LogP contribution in [0.25, 0.3) is 11.0 Å². The summed E-state index contributed by atoms with van der Waals surface area (Å²) in [6, 6.07) is 12.8. The standard InChI is InChI=1S/C25H30N3O6/c1-31-12-10-27-22-16-18(33-3)8-9-21(22)26(11-13-34-15-14-32-2)23(27)17-28-24(29)19-6-4-5-7-20(19)25(28)30/h4-9,16H,10-15,17H2,1-3H3/q+1. The predicted molar refractivity (Wildman–Crippen MR) is 124 cm³/mol. The summed E-state index contributed by atoms with van der Waals surface area (Å²) in [5.74, 6) is 0.957. The molecular formula is C25H30N3O6+. The van der Waals surface area contributed by atoms with Gasteiger partial charge < -0.3 is 18.9 Å². The first-order valence-corrected chi connectivity index (χ1v) is 11.2. The molecule has 9 heteroatoms. The number of imide groups is 1. The summed E-state index contributed by atoms with van der Waals surface area (Å²) in [4.78, 5) is 27.5. The highest BCUT2D eigenvalue weighted by molar-refractivity contribution is 6.21. The zero-order valence-corrected chi connectivity index (χ0v) is 19.8. The lowest BCUT2D eigenvalue weighted by Crippen LogP contribution is -2.44. The van der Waals surface area contributed by atoms with Gasteiger partial charge in [0, 0.05) is 20.3 Å². The molecule has 2 amide bonds. The van der Waals surface area contributed by atoms with Crippen molar-refractivity contribution in [1.29, 1.82) is 0 Å². The van der Waals surface area contributed by atoms with E-state index in [4.69, 9.17) is 18.9 Å². The molecule has 4 rings (SSSR count). The van der Waals surface area contributed by atoms with Gasteiger partial charge in [0.25, 0.3) is 17.6 Å². The summed E-state index contributed by atoms with van der Waals surface area (Å²) in [5, 5.41) is 0. The zero-order valence-electron chi connectivity index (χ0n) is 19.8. The van der Waals surface area contributed by atoms with E-state index >= 15 is 0 Å². The summed E-state index contributed by atoms with van der Waals surface area (Å²) in [6.45, 7) is 3.16. The molecule has 0 spiro atoms. The molecule has 2 heterocycles. The van der Waals surface area contributed by atoms with Gasteiger partial charge in [0.05, 0.1) is 44.7 Å². The molecule has 0 bridgehead atoms. The first kappa shape index (κ1) is 23.9. The van der Waals surface area contributed by atoms with Gasteiger partial charge >= 0.3 is 0 Å². The van der Waals surface area contributed by atoms with Gasteiger partial charge in [0.1, 0.15) is 25.4 Å². The monoisotopic (exact) mass is 468 g/mol. The molecule has 3 aromatic rings. The van der Waals surface area contributed by atoms with Crippen molar-refractivity contribution in [3.8, 4) is 5.75 Å². The minimum absolute atomic E-state index is 0.130. The molecule has 34 heavy (non-hydrogen) atoms. The molecule has 0 N–H and O–H groups in total. The molecule has 180 valence electrons. The molecule has 0 saturated carbocycles. The third-order valence-corrected chi connectivity index (χ3v) is 5.98. The van der Waals surface area contributed by atoms with E-state index in [1.807, 2.05) is 18.2 Å². The van der Waals surface area contributed by atoms with Crippen LogP contribution in [0.4, 0.5) is 0 Å². The van der Waals surface area contributed by atoms with E-state index < -0.39 is 0 Å². The molecule has 0 radical (unpaired) electrons. The first-order valence-electron chi connectivity index (χ1n) is 11.2. The molecule has 0 atom stereocenters. The number of benzene rings is 2. The number of amides is 2. The van der Waals surface area contributed by atoms with Crippen LogP contribution in [-0.4, -0.2) is 69.0 Å². The van der Waals surface area contributed by atoms with Crippen molar-refractivity contribution < 1.29 is 33.1 Å². The maximum atomic E-state index is 13.1. The van der Waals surface area contributed by atoms with Crippen molar-refractivity contribution in [2.75, 3.05) is 47.8 Å². The maximum absolute atomic E-state index is 13.1. The molecule has 1 aromatic heterocycles. The van der Waals surface area contributed by atoms with Gasteiger partial charge in [-0.2, -0.15) is 0 Å². The Bertz CT molecular complexity index is 1150. The molecular weight excluding hydrogens is 438 g/mol. The van der Waals surface area contributed by atoms with Crippen LogP contribution >= 0.6 is 0 Å². The average molecular weight is 469 g/mol. The van der Waals surface area contributed by atoms with E-state index in [-0.39, 0.29) is 18.4 Å². The van der Waals surface area contributed by atoms with E-state index in [0.717, 1.165) is 22.6 Å². The second-order valence-corrected chi connectivity index (χ2v) is 7.91. The predicted octanol–water partition coefficient (Wildman–Crippen LogP) is 2.04. The van der Waals surface area contributed by atoms with E-state index in [1.165, 1.54) is 4.90 Å². The molecule has 2 aromatic carbocycles. The lowest BCUT2D eigenvalue weighted by Gasteiger charge is -2.14. The summed E-state index contributed by atoms with van der Waals surface area (Å²) in [6.07, 6.45) is 0. The Balaban J connectivity index is 1.75. The van der Waals surface area contributed by atoms with Gasteiger partial charge in [-0.05, 0) is 24.3 Å². The number of methoxy groups -OCH3 is 3. The van der Waals surface area contributed by atoms with E-state index in [1.54, 1.807) is 45.6 Å². The Morgan fingerprint density at radius 3 is 2.21 bits per heavy atom. The molecule has 9 nitrogen and oxygen atoms in total. The number of nitrogens with zero attached hydrogens (tertiary/aromatic N) is 3. The maximum Gasteiger partial charge on any atom is 0.278 e. The molecule has 1 aliphatic rings. The van der Waals surface area contributed by atoms with Crippen molar-refractivity contribution >= 4 is 22.8 Å². The number of carbonyl (C=O) groups is 2. The van der Waals surface area contributed by atoms with Crippen LogP contribution in [0.3, 0.4) is 0 Å². The second-order valence-electron chi connectivity index (χ2n) is 7.91. The van der Waals surface area contributed by atoms with Crippen molar-refractivity contribution in [3.63, 3.8) is 0 Å². The highest BCUT2D eigenvalue weighted by atomic mass is 16.5. The lowest BCUT2D eigenvalue weighted by atomic mass is 10.1. The molecule has 0 aliphatic carbocycles. The molecule has 0 saturated heterocycles. The van der Waals surface area contributed by atoms with Crippen LogP contribution < -0.4 is 9.30 Å². The fourth-order valence-corrected chi connectivity index (χ4v) is 4.28. The number of aromatic nitrogens is 2. The van der Waals surface area contributed by atoms with Crippen LogP contribution in [0, 0.1) is 0 Å². The number of carbonyl (C=O) groups excluding carboxylic acids is 2. The van der Waals surface area contributed by atoms with Gasteiger partial charge in [0.15, 0.2) is 11.0 Å². The van der Waals surface area contributed by atoms with Gasteiger partial charge in [-0.15, -0.1) is 0 Å². The minimum Gasteiger partial charge on any atom is -0.497 e. The number of ether oxygens (including phenoxy) is 4. The Kier molecular flexibility index (Phi) is 7.56. The van der Waals surface area contributed by atoms with Crippen molar-refractivity contribution in [2.45, 2.75) is 19.6 Å². The van der Waals surface area contributed by atoms with Gasteiger partial charge in [-0.25, -0.2) is 9.13 Å². The third kappa shape index (κ3) is 4.54. The van der Waals surface area contributed by atoms with Crippen LogP contribution in [0.5, 0.6) is 5.75 Å². The van der Waals surface area contributed by atoms with Crippen molar-refractivity contribution in [1.82, 2.24) is 9.47 Å². The largest absolute Gasteiger partial charge is 0.497 e. The van der Waals surface area contributed by atoms with E-state index in [0.29, 0.717) is 50.6 Å². The molecule has 0 fully saturated rings. The highest BCUT2D eigenvalue weighted by Crippen LogP contribution is 2.26. The number of fused-ring (bicyclic) bond motifs is 2. The first-order chi connectivity index (χ1) is 16.6. The molecule has 0 unspecified atom stereocenters. The van der Waals surface area contributed by atoms with E-state index in [2.05, 4.69) is 9.13 Å². The fraction of sp³-hybridized carbons (Fsp3) is 0.400. The Labute approximate surface area is 198 Å². The summed E-state index contributed by atoms with van der Waals surface area (Å²) < 4.78 is 25.8. The Morgan fingerprint density at radius 2 is 1.56 bits per heavy atom. The van der Waals surface area contributed by atoms with Crippen LogP contribution in [0.15, 0.2) is 42.5 Å². The SMILES string of the molecule is COCCOCC[n+]1c(CN2C(=O)c3ccccc3C2=O)n(CCOC)c2cc(OC)ccc21. The smallest absolute Gasteiger partial charge is 0.278 e.